The Morgan fingerprint density at radius 1 is 1.06 bits per heavy atom. The molecular weight excluding hydrogens is 428 g/mol. The predicted octanol–water partition coefficient (Wildman–Crippen LogP) is 5.72. The van der Waals surface area contributed by atoms with Crippen molar-refractivity contribution in [1.29, 1.82) is 0 Å². The molecule has 4 nitrogen and oxygen atoms in total. The number of carbonyl (C=O) groups is 2. The number of nitrogens with one attached hydrogen (secondary N) is 1. The lowest BCUT2D eigenvalue weighted by Crippen LogP contribution is -2.52. The average Bonchev–Trinajstić information content (AvgIpc) is 3.22. The number of likely N-dealkylation sites (tertiary alicyclic amines) is 1. The van der Waals surface area contributed by atoms with Crippen molar-refractivity contribution >= 4 is 44.8 Å². The van der Waals surface area contributed by atoms with E-state index in [1.807, 2.05) is 61.2 Å². The van der Waals surface area contributed by atoms with Crippen LogP contribution in [0.3, 0.4) is 0 Å². The van der Waals surface area contributed by atoms with Crippen LogP contribution in [0, 0.1) is 5.92 Å². The first-order valence-electron chi connectivity index (χ1n) is 10.8. The fourth-order valence-corrected chi connectivity index (χ4v) is 5.28. The number of thiophene rings is 1. The highest BCUT2D eigenvalue weighted by Gasteiger charge is 2.32. The summed E-state index contributed by atoms with van der Waals surface area (Å²) in [5, 5.41) is 4.80. The van der Waals surface area contributed by atoms with E-state index >= 15 is 0 Å². The molecule has 0 radical (unpaired) electrons. The Labute approximate surface area is 192 Å². The average molecular weight is 455 g/mol. The molecule has 0 saturated carbocycles. The summed E-state index contributed by atoms with van der Waals surface area (Å²) in [5.41, 5.74) is 1.27. The van der Waals surface area contributed by atoms with Crippen molar-refractivity contribution < 1.29 is 9.59 Å². The van der Waals surface area contributed by atoms with E-state index < -0.39 is 6.04 Å². The van der Waals surface area contributed by atoms with Gasteiger partial charge in [0.2, 0.25) is 5.91 Å². The largest absolute Gasteiger partial charge is 0.341 e. The molecule has 1 aliphatic rings. The minimum atomic E-state index is -0.523. The highest BCUT2D eigenvalue weighted by Crippen LogP contribution is 2.30. The standard InChI is InChI=1S/C25H27ClN2O2S/c1-16(2)23(27-24(29)22-15-19-5-3-4-6-21(19)31-22)25(30)28-13-11-18(12-14-28)17-7-9-20(26)10-8-17/h3-10,15-16,18,23H,11-14H2,1-2H3,(H,27,29). The molecule has 1 atom stereocenters. The molecule has 6 heteroatoms. The summed E-state index contributed by atoms with van der Waals surface area (Å²) < 4.78 is 1.07. The highest BCUT2D eigenvalue weighted by atomic mass is 35.5. The first kappa shape index (κ1) is 21.8. The molecule has 1 aliphatic heterocycles. The van der Waals surface area contributed by atoms with Gasteiger partial charge in [-0.1, -0.05) is 55.8 Å². The quantitative estimate of drug-likeness (QED) is 0.536. The van der Waals surface area contributed by atoms with Gasteiger partial charge in [0, 0.05) is 22.8 Å². The molecule has 1 N–H and O–H groups in total. The summed E-state index contributed by atoms with van der Waals surface area (Å²) in [4.78, 5) is 28.7. The van der Waals surface area contributed by atoms with E-state index in [2.05, 4.69) is 17.4 Å². The Morgan fingerprint density at radius 2 is 1.74 bits per heavy atom. The van der Waals surface area contributed by atoms with Crippen LogP contribution < -0.4 is 5.32 Å². The van der Waals surface area contributed by atoms with E-state index in [9.17, 15) is 9.59 Å². The number of nitrogens with zero attached hydrogens (tertiary/aromatic N) is 1. The predicted molar refractivity (Wildman–Crippen MR) is 128 cm³/mol. The second-order valence-corrected chi connectivity index (χ2v) is 10.0. The van der Waals surface area contributed by atoms with E-state index in [0.717, 1.165) is 28.0 Å². The van der Waals surface area contributed by atoms with Crippen molar-refractivity contribution in [2.24, 2.45) is 5.92 Å². The minimum absolute atomic E-state index is 0.0130. The molecule has 0 spiro atoms. The molecule has 1 unspecified atom stereocenters. The summed E-state index contributed by atoms with van der Waals surface area (Å²) in [6.45, 7) is 5.37. The number of carbonyl (C=O) groups excluding carboxylic acids is 2. The number of benzene rings is 2. The van der Waals surface area contributed by atoms with Crippen LogP contribution in [-0.4, -0.2) is 35.8 Å². The fraction of sp³-hybridized carbons (Fsp3) is 0.360. The summed E-state index contributed by atoms with van der Waals surface area (Å²) in [7, 11) is 0. The third kappa shape index (κ3) is 4.94. The molecule has 1 aromatic heterocycles. The minimum Gasteiger partial charge on any atom is -0.341 e. The van der Waals surface area contributed by atoms with Crippen LogP contribution in [0.4, 0.5) is 0 Å². The maximum Gasteiger partial charge on any atom is 0.262 e. The van der Waals surface area contributed by atoms with Gasteiger partial charge < -0.3 is 10.2 Å². The lowest BCUT2D eigenvalue weighted by molar-refractivity contribution is -0.135. The van der Waals surface area contributed by atoms with Crippen molar-refractivity contribution in [2.45, 2.75) is 38.6 Å². The number of piperidine rings is 1. The SMILES string of the molecule is CC(C)C(NC(=O)c1cc2ccccc2s1)C(=O)N1CCC(c2ccc(Cl)cc2)CC1. The Balaban J connectivity index is 1.40. The highest BCUT2D eigenvalue weighted by molar-refractivity contribution is 7.20. The van der Waals surface area contributed by atoms with Crippen molar-refractivity contribution in [3.05, 3.63) is 70.1 Å². The van der Waals surface area contributed by atoms with Crippen molar-refractivity contribution in [2.75, 3.05) is 13.1 Å². The summed E-state index contributed by atoms with van der Waals surface area (Å²) >= 11 is 7.46. The van der Waals surface area contributed by atoms with Crippen LogP contribution in [0.25, 0.3) is 10.1 Å². The Kier molecular flexibility index (Phi) is 6.63. The number of hydrogen-bond acceptors (Lipinski definition) is 3. The number of hydrogen-bond donors (Lipinski definition) is 1. The Bertz CT molecular complexity index is 1040. The van der Waals surface area contributed by atoms with E-state index in [4.69, 9.17) is 11.6 Å². The molecule has 31 heavy (non-hydrogen) atoms. The second-order valence-electron chi connectivity index (χ2n) is 8.49. The van der Waals surface area contributed by atoms with Crippen molar-refractivity contribution in [1.82, 2.24) is 10.2 Å². The van der Waals surface area contributed by atoms with Crippen LogP contribution in [0.2, 0.25) is 5.02 Å². The molecule has 1 saturated heterocycles. The molecule has 2 aromatic carbocycles. The first-order chi connectivity index (χ1) is 14.9. The first-order valence-corrected chi connectivity index (χ1v) is 12.0. The third-order valence-electron chi connectivity index (χ3n) is 6.02. The zero-order chi connectivity index (χ0) is 22.0. The maximum absolute atomic E-state index is 13.3. The Hall–Kier alpha value is -2.37. The number of rotatable bonds is 5. The van der Waals surface area contributed by atoms with Gasteiger partial charge in [0.05, 0.1) is 4.88 Å². The number of amides is 2. The maximum atomic E-state index is 13.3. The summed E-state index contributed by atoms with van der Waals surface area (Å²) in [5.74, 6) is 0.287. The van der Waals surface area contributed by atoms with Gasteiger partial charge in [0.15, 0.2) is 0 Å². The van der Waals surface area contributed by atoms with Gasteiger partial charge >= 0.3 is 0 Å². The topological polar surface area (TPSA) is 49.4 Å². The summed E-state index contributed by atoms with van der Waals surface area (Å²) in [6, 6.07) is 17.3. The van der Waals surface area contributed by atoms with Crippen LogP contribution in [-0.2, 0) is 4.79 Å². The molecule has 1 fully saturated rings. The lowest BCUT2D eigenvalue weighted by atomic mass is 9.89. The molecule has 2 heterocycles. The number of fused-ring (bicyclic) bond motifs is 1. The van der Waals surface area contributed by atoms with Gasteiger partial charge in [0.1, 0.15) is 6.04 Å². The monoisotopic (exact) mass is 454 g/mol. The fourth-order valence-electron chi connectivity index (χ4n) is 4.18. The van der Waals surface area contributed by atoms with Gasteiger partial charge in [0.25, 0.3) is 5.91 Å². The van der Waals surface area contributed by atoms with Gasteiger partial charge in [-0.05, 0) is 59.9 Å². The zero-order valence-electron chi connectivity index (χ0n) is 17.8. The van der Waals surface area contributed by atoms with E-state index in [0.29, 0.717) is 23.9 Å². The van der Waals surface area contributed by atoms with E-state index in [1.165, 1.54) is 16.9 Å². The normalized spacial score (nSPS) is 15.9. The molecule has 162 valence electrons. The lowest BCUT2D eigenvalue weighted by Gasteiger charge is -2.35. The van der Waals surface area contributed by atoms with Crippen LogP contribution in [0.1, 0.15) is 47.8 Å². The van der Waals surface area contributed by atoms with Crippen molar-refractivity contribution in [3.8, 4) is 0 Å². The molecule has 0 bridgehead atoms. The third-order valence-corrected chi connectivity index (χ3v) is 7.38. The molecular formula is C25H27ClN2O2S. The van der Waals surface area contributed by atoms with Gasteiger partial charge in [-0.25, -0.2) is 0 Å². The van der Waals surface area contributed by atoms with Gasteiger partial charge in [-0.3, -0.25) is 9.59 Å². The van der Waals surface area contributed by atoms with E-state index in [1.54, 1.807) is 0 Å². The van der Waals surface area contributed by atoms with Gasteiger partial charge in [-0.15, -0.1) is 11.3 Å². The zero-order valence-corrected chi connectivity index (χ0v) is 19.4. The van der Waals surface area contributed by atoms with Crippen LogP contribution >= 0.6 is 22.9 Å². The second kappa shape index (κ2) is 9.41. The van der Waals surface area contributed by atoms with Crippen LogP contribution in [0.15, 0.2) is 54.6 Å². The van der Waals surface area contributed by atoms with Crippen LogP contribution in [0.5, 0.6) is 0 Å². The van der Waals surface area contributed by atoms with Gasteiger partial charge in [-0.2, -0.15) is 0 Å². The Morgan fingerprint density at radius 3 is 2.39 bits per heavy atom. The smallest absolute Gasteiger partial charge is 0.262 e. The molecule has 4 rings (SSSR count). The summed E-state index contributed by atoms with van der Waals surface area (Å²) in [6.07, 6.45) is 1.84. The molecule has 2 amide bonds. The number of halogens is 1. The molecule has 3 aromatic rings. The van der Waals surface area contributed by atoms with Crippen molar-refractivity contribution in [3.63, 3.8) is 0 Å². The molecule has 0 aliphatic carbocycles. The van der Waals surface area contributed by atoms with E-state index in [-0.39, 0.29) is 17.7 Å².